The van der Waals surface area contributed by atoms with Crippen LogP contribution in [0.1, 0.15) is 29.8 Å². The predicted molar refractivity (Wildman–Crippen MR) is 95.2 cm³/mol. The number of benzene rings is 2. The SMILES string of the molecule is CC(NCc1csc(-c2ccccc2)n1)c1cccc(CO)c1. The lowest BCUT2D eigenvalue weighted by Crippen LogP contribution is -2.18. The minimum Gasteiger partial charge on any atom is -0.392 e. The maximum atomic E-state index is 9.23. The second-order valence-electron chi connectivity index (χ2n) is 5.52. The molecular formula is C19H20N2OS. The Labute approximate surface area is 140 Å². The van der Waals surface area contributed by atoms with Gasteiger partial charge in [0, 0.05) is 23.5 Å². The van der Waals surface area contributed by atoms with Crippen molar-refractivity contribution < 1.29 is 5.11 Å². The van der Waals surface area contributed by atoms with Crippen LogP contribution in [0.3, 0.4) is 0 Å². The lowest BCUT2D eigenvalue weighted by atomic mass is 10.1. The van der Waals surface area contributed by atoms with Crippen molar-refractivity contribution in [1.29, 1.82) is 0 Å². The molecule has 0 aliphatic rings. The number of aromatic nitrogens is 1. The van der Waals surface area contributed by atoms with Crippen molar-refractivity contribution in [3.05, 3.63) is 76.8 Å². The minimum atomic E-state index is 0.0765. The molecule has 118 valence electrons. The Bertz CT molecular complexity index is 755. The summed E-state index contributed by atoms with van der Waals surface area (Å²) < 4.78 is 0. The number of rotatable bonds is 6. The summed E-state index contributed by atoms with van der Waals surface area (Å²) in [6, 6.07) is 18.5. The Morgan fingerprint density at radius 2 is 1.96 bits per heavy atom. The monoisotopic (exact) mass is 324 g/mol. The van der Waals surface area contributed by atoms with E-state index in [1.807, 2.05) is 36.4 Å². The number of aliphatic hydroxyl groups excluding tert-OH is 1. The Morgan fingerprint density at radius 3 is 2.74 bits per heavy atom. The number of aliphatic hydroxyl groups is 1. The van der Waals surface area contributed by atoms with Gasteiger partial charge in [-0.1, -0.05) is 54.6 Å². The van der Waals surface area contributed by atoms with Crippen molar-refractivity contribution >= 4 is 11.3 Å². The quantitative estimate of drug-likeness (QED) is 0.716. The van der Waals surface area contributed by atoms with Gasteiger partial charge in [0.25, 0.3) is 0 Å². The zero-order valence-corrected chi connectivity index (χ0v) is 13.9. The van der Waals surface area contributed by atoms with Crippen LogP contribution >= 0.6 is 11.3 Å². The fourth-order valence-electron chi connectivity index (χ4n) is 2.44. The Balaban J connectivity index is 1.63. The molecule has 0 saturated carbocycles. The van der Waals surface area contributed by atoms with Gasteiger partial charge in [-0.2, -0.15) is 0 Å². The Kier molecular flexibility index (Phi) is 5.18. The molecule has 0 saturated heterocycles. The molecule has 3 nitrogen and oxygen atoms in total. The third kappa shape index (κ3) is 4.05. The molecule has 0 aliphatic heterocycles. The van der Waals surface area contributed by atoms with E-state index in [0.29, 0.717) is 0 Å². The second-order valence-corrected chi connectivity index (χ2v) is 6.37. The van der Waals surface area contributed by atoms with Crippen LogP contribution in [0.5, 0.6) is 0 Å². The van der Waals surface area contributed by atoms with E-state index in [2.05, 4.69) is 35.8 Å². The highest BCUT2D eigenvalue weighted by atomic mass is 32.1. The van der Waals surface area contributed by atoms with Gasteiger partial charge in [-0.3, -0.25) is 0 Å². The maximum Gasteiger partial charge on any atom is 0.123 e. The van der Waals surface area contributed by atoms with Crippen molar-refractivity contribution in [3.8, 4) is 10.6 Å². The van der Waals surface area contributed by atoms with Gasteiger partial charge in [0.1, 0.15) is 5.01 Å². The molecule has 0 radical (unpaired) electrons. The Hall–Kier alpha value is -2.01. The van der Waals surface area contributed by atoms with Crippen molar-refractivity contribution in [3.63, 3.8) is 0 Å². The van der Waals surface area contributed by atoms with Crippen LogP contribution in [-0.4, -0.2) is 10.1 Å². The molecule has 0 spiro atoms. The largest absolute Gasteiger partial charge is 0.392 e. The first-order valence-corrected chi connectivity index (χ1v) is 8.57. The van der Waals surface area contributed by atoms with Gasteiger partial charge in [0.15, 0.2) is 0 Å². The van der Waals surface area contributed by atoms with E-state index in [1.165, 1.54) is 5.56 Å². The zero-order chi connectivity index (χ0) is 16.1. The molecular weight excluding hydrogens is 304 g/mol. The molecule has 3 rings (SSSR count). The number of thiazole rings is 1. The first-order valence-electron chi connectivity index (χ1n) is 7.69. The molecule has 0 fully saturated rings. The summed E-state index contributed by atoms with van der Waals surface area (Å²) in [4.78, 5) is 4.70. The highest BCUT2D eigenvalue weighted by molar-refractivity contribution is 7.13. The van der Waals surface area contributed by atoms with E-state index in [9.17, 15) is 5.11 Å². The third-order valence-electron chi connectivity index (χ3n) is 3.80. The van der Waals surface area contributed by atoms with E-state index >= 15 is 0 Å². The number of nitrogens with one attached hydrogen (secondary N) is 1. The molecule has 1 heterocycles. The van der Waals surface area contributed by atoms with Crippen molar-refractivity contribution in [2.75, 3.05) is 0 Å². The Morgan fingerprint density at radius 1 is 1.13 bits per heavy atom. The summed E-state index contributed by atoms with van der Waals surface area (Å²) in [5.41, 5.74) is 4.33. The van der Waals surface area contributed by atoms with Gasteiger partial charge >= 0.3 is 0 Å². The molecule has 1 atom stereocenters. The molecule has 2 aromatic carbocycles. The molecule has 4 heteroatoms. The fourth-order valence-corrected chi connectivity index (χ4v) is 3.26. The van der Waals surface area contributed by atoms with Gasteiger partial charge in [-0.05, 0) is 18.1 Å². The summed E-state index contributed by atoms with van der Waals surface area (Å²) in [5.74, 6) is 0. The second kappa shape index (κ2) is 7.51. The van der Waals surface area contributed by atoms with E-state index in [0.717, 1.165) is 28.4 Å². The summed E-state index contributed by atoms with van der Waals surface area (Å²) in [6.07, 6.45) is 0. The van der Waals surface area contributed by atoms with E-state index in [1.54, 1.807) is 11.3 Å². The van der Waals surface area contributed by atoms with Gasteiger partial charge in [-0.25, -0.2) is 4.98 Å². The number of hydrogen-bond donors (Lipinski definition) is 2. The first kappa shape index (κ1) is 15.9. The van der Waals surface area contributed by atoms with Crippen molar-refractivity contribution in [2.24, 2.45) is 0 Å². The minimum absolute atomic E-state index is 0.0765. The van der Waals surface area contributed by atoms with E-state index < -0.39 is 0 Å². The van der Waals surface area contributed by atoms with Crippen LogP contribution in [-0.2, 0) is 13.2 Å². The standard InChI is InChI=1S/C19H20N2OS/c1-14(17-9-5-6-15(10-17)12-22)20-11-18-13-23-19(21-18)16-7-3-2-4-8-16/h2-10,13-14,20,22H,11-12H2,1H3. The summed E-state index contributed by atoms with van der Waals surface area (Å²) in [7, 11) is 0. The van der Waals surface area contributed by atoms with Gasteiger partial charge in [0.2, 0.25) is 0 Å². The predicted octanol–water partition coefficient (Wildman–Crippen LogP) is 4.15. The molecule has 1 unspecified atom stereocenters. The topological polar surface area (TPSA) is 45.2 Å². The molecule has 0 amide bonds. The van der Waals surface area contributed by atoms with Crippen LogP contribution < -0.4 is 5.32 Å². The average molecular weight is 324 g/mol. The fraction of sp³-hybridized carbons (Fsp3) is 0.211. The van der Waals surface area contributed by atoms with Crippen LogP contribution in [0.4, 0.5) is 0 Å². The smallest absolute Gasteiger partial charge is 0.123 e. The molecule has 23 heavy (non-hydrogen) atoms. The van der Waals surface area contributed by atoms with Gasteiger partial charge in [-0.15, -0.1) is 11.3 Å². The number of hydrogen-bond acceptors (Lipinski definition) is 4. The van der Waals surface area contributed by atoms with Crippen LogP contribution in [0.25, 0.3) is 10.6 Å². The molecule has 0 aliphatic carbocycles. The third-order valence-corrected chi connectivity index (χ3v) is 4.74. The number of nitrogens with zero attached hydrogens (tertiary/aromatic N) is 1. The normalized spacial score (nSPS) is 12.3. The molecule has 2 N–H and O–H groups in total. The van der Waals surface area contributed by atoms with Crippen molar-refractivity contribution in [1.82, 2.24) is 10.3 Å². The van der Waals surface area contributed by atoms with Gasteiger partial charge in [0.05, 0.1) is 12.3 Å². The maximum absolute atomic E-state index is 9.23. The van der Waals surface area contributed by atoms with Crippen LogP contribution in [0, 0.1) is 0 Å². The first-order chi connectivity index (χ1) is 11.3. The molecule has 0 bridgehead atoms. The zero-order valence-electron chi connectivity index (χ0n) is 13.1. The summed E-state index contributed by atoms with van der Waals surface area (Å²) in [5, 5.41) is 15.9. The summed E-state index contributed by atoms with van der Waals surface area (Å²) in [6.45, 7) is 2.93. The molecule has 3 aromatic rings. The van der Waals surface area contributed by atoms with Gasteiger partial charge < -0.3 is 10.4 Å². The highest BCUT2D eigenvalue weighted by Gasteiger charge is 2.08. The van der Waals surface area contributed by atoms with Crippen LogP contribution in [0.15, 0.2) is 60.0 Å². The van der Waals surface area contributed by atoms with Crippen LogP contribution in [0.2, 0.25) is 0 Å². The van der Waals surface area contributed by atoms with E-state index in [-0.39, 0.29) is 12.6 Å². The lowest BCUT2D eigenvalue weighted by molar-refractivity contribution is 0.281. The molecule has 1 aromatic heterocycles. The lowest BCUT2D eigenvalue weighted by Gasteiger charge is -2.14. The summed E-state index contributed by atoms with van der Waals surface area (Å²) >= 11 is 1.67. The van der Waals surface area contributed by atoms with Crippen molar-refractivity contribution in [2.45, 2.75) is 26.1 Å². The van der Waals surface area contributed by atoms with E-state index in [4.69, 9.17) is 4.98 Å². The highest BCUT2D eigenvalue weighted by Crippen LogP contribution is 2.23. The average Bonchev–Trinajstić information content (AvgIpc) is 3.09.